The first-order valence-corrected chi connectivity index (χ1v) is 11.2. The molecule has 0 aliphatic carbocycles. The van der Waals surface area contributed by atoms with E-state index in [4.69, 9.17) is 21.1 Å². The van der Waals surface area contributed by atoms with Gasteiger partial charge in [-0.05, 0) is 55.3 Å². The zero-order valence-electron chi connectivity index (χ0n) is 18.3. The number of nitrogens with one attached hydrogen (secondary N) is 1. The highest BCUT2D eigenvalue weighted by Gasteiger charge is 2.12. The van der Waals surface area contributed by atoms with E-state index in [0.717, 1.165) is 17.0 Å². The summed E-state index contributed by atoms with van der Waals surface area (Å²) < 4.78 is 24.2. The topological polar surface area (TPSA) is 85.7 Å². The molecule has 3 rings (SSSR count). The Morgan fingerprint density at radius 3 is 2.55 bits per heavy atom. The lowest BCUT2D eigenvalue weighted by atomic mass is 10.2. The van der Waals surface area contributed by atoms with E-state index in [-0.39, 0.29) is 24.1 Å². The first-order valence-electron chi connectivity index (χ1n) is 9.86. The molecule has 0 aliphatic heterocycles. The molecule has 0 radical (unpaired) electrons. The maximum absolute atomic E-state index is 13.1. The molecule has 0 unspecified atom stereocenters. The molecule has 1 amide bonds. The van der Waals surface area contributed by atoms with E-state index < -0.39 is 0 Å². The smallest absolute Gasteiger partial charge is 0.250 e. The number of aromatic nitrogens is 2. The monoisotopic (exact) mass is 488 g/mol. The van der Waals surface area contributed by atoms with Crippen LogP contribution in [0.25, 0.3) is 0 Å². The minimum atomic E-state index is -0.317. The van der Waals surface area contributed by atoms with Crippen molar-refractivity contribution in [3.63, 3.8) is 0 Å². The maximum Gasteiger partial charge on any atom is 0.250 e. The van der Waals surface area contributed by atoms with Crippen LogP contribution in [0.15, 0.2) is 52.7 Å². The number of ether oxygens (including phenoxy) is 2. The predicted molar refractivity (Wildman–Crippen MR) is 127 cm³/mol. The fourth-order valence-electron chi connectivity index (χ4n) is 2.79. The third-order valence-electron chi connectivity index (χ3n) is 4.25. The number of nitrogens with zero attached hydrogens (tertiary/aromatic N) is 3. The van der Waals surface area contributed by atoms with Crippen LogP contribution in [0, 0.1) is 19.7 Å². The Labute approximate surface area is 200 Å². The molecule has 0 fully saturated rings. The Morgan fingerprint density at radius 1 is 1.18 bits per heavy atom. The van der Waals surface area contributed by atoms with Gasteiger partial charge < -0.3 is 9.47 Å². The second-order valence-electron chi connectivity index (χ2n) is 6.96. The SMILES string of the molecule is COc1cc(/C=N\NC(=O)CSc2nc(C)cc(C)n2)cc(Cl)c1OCc1ccc(F)cc1. The van der Waals surface area contributed by atoms with E-state index >= 15 is 0 Å². The van der Waals surface area contributed by atoms with Gasteiger partial charge in [-0.25, -0.2) is 19.8 Å². The summed E-state index contributed by atoms with van der Waals surface area (Å²) in [5, 5.41) is 4.82. The Hall–Kier alpha value is -3.17. The highest BCUT2D eigenvalue weighted by Crippen LogP contribution is 2.36. The van der Waals surface area contributed by atoms with E-state index in [1.165, 1.54) is 37.2 Å². The summed E-state index contributed by atoms with van der Waals surface area (Å²) in [5.74, 6) is 0.272. The van der Waals surface area contributed by atoms with Gasteiger partial charge in [0, 0.05) is 11.4 Å². The molecule has 0 bridgehead atoms. The minimum absolute atomic E-state index is 0.125. The van der Waals surface area contributed by atoms with Crippen molar-refractivity contribution in [1.82, 2.24) is 15.4 Å². The van der Waals surface area contributed by atoms with Crippen LogP contribution in [0.3, 0.4) is 0 Å². The first kappa shape index (κ1) is 24.5. The van der Waals surface area contributed by atoms with Gasteiger partial charge >= 0.3 is 0 Å². The van der Waals surface area contributed by atoms with Gasteiger partial charge in [-0.3, -0.25) is 4.79 Å². The molecule has 3 aromatic rings. The van der Waals surface area contributed by atoms with Crippen molar-refractivity contribution in [3.8, 4) is 11.5 Å². The number of thioether (sulfide) groups is 1. The quantitative estimate of drug-likeness (QED) is 0.203. The van der Waals surface area contributed by atoms with E-state index in [2.05, 4.69) is 20.5 Å². The number of hydrogen-bond donors (Lipinski definition) is 1. The van der Waals surface area contributed by atoms with Gasteiger partial charge in [-0.2, -0.15) is 5.10 Å². The summed E-state index contributed by atoms with van der Waals surface area (Å²) in [5.41, 5.74) is 5.55. The predicted octanol–water partition coefficient (Wildman–Crippen LogP) is 4.72. The van der Waals surface area contributed by atoms with Crippen LogP contribution in [0.4, 0.5) is 4.39 Å². The Balaban J connectivity index is 1.58. The van der Waals surface area contributed by atoms with Gasteiger partial charge in [0.15, 0.2) is 16.7 Å². The van der Waals surface area contributed by atoms with Crippen LogP contribution in [-0.4, -0.2) is 35.0 Å². The Kier molecular flexibility index (Phi) is 8.62. The van der Waals surface area contributed by atoms with Gasteiger partial charge in [0.1, 0.15) is 12.4 Å². The van der Waals surface area contributed by atoms with Crippen molar-refractivity contribution in [3.05, 3.63) is 75.8 Å². The molecular formula is C23H22ClFN4O3S. The van der Waals surface area contributed by atoms with Gasteiger partial charge in [-0.15, -0.1) is 0 Å². The Bertz CT molecular complexity index is 1140. The van der Waals surface area contributed by atoms with E-state index in [9.17, 15) is 9.18 Å². The summed E-state index contributed by atoms with van der Waals surface area (Å²) in [7, 11) is 1.49. The summed E-state index contributed by atoms with van der Waals surface area (Å²) in [6, 6.07) is 11.2. The lowest BCUT2D eigenvalue weighted by Crippen LogP contribution is -2.19. The van der Waals surface area contributed by atoms with Crippen LogP contribution in [0.2, 0.25) is 5.02 Å². The average molecular weight is 489 g/mol. The molecule has 1 aromatic heterocycles. The zero-order valence-corrected chi connectivity index (χ0v) is 19.8. The van der Waals surface area contributed by atoms with E-state index in [1.807, 2.05) is 19.9 Å². The number of amides is 1. The van der Waals surface area contributed by atoms with Gasteiger partial charge in [-0.1, -0.05) is 35.5 Å². The molecule has 0 spiro atoms. The summed E-state index contributed by atoms with van der Waals surface area (Å²) in [6.07, 6.45) is 1.45. The molecule has 1 heterocycles. The average Bonchev–Trinajstić information content (AvgIpc) is 2.77. The summed E-state index contributed by atoms with van der Waals surface area (Å²) in [6.45, 7) is 3.95. The number of halogens is 2. The number of hydrogen-bond acceptors (Lipinski definition) is 7. The number of methoxy groups -OCH3 is 1. The molecule has 0 aliphatic rings. The molecule has 172 valence electrons. The summed E-state index contributed by atoms with van der Waals surface area (Å²) >= 11 is 7.59. The Morgan fingerprint density at radius 2 is 1.88 bits per heavy atom. The fraction of sp³-hybridized carbons (Fsp3) is 0.217. The second kappa shape index (κ2) is 11.6. The highest BCUT2D eigenvalue weighted by atomic mass is 35.5. The zero-order chi connectivity index (χ0) is 23.8. The maximum atomic E-state index is 13.1. The molecule has 2 aromatic carbocycles. The van der Waals surface area contributed by atoms with Crippen LogP contribution >= 0.6 is 23.4 Å². The van der Waals surface area contributed by atoms with Crippen molar-refractivity contribution in [2.24, 2.45) is 5.10 Å². The standard InChI is InChI=1S/C23H22ClFN4O3S/c1-14-8-15(2)28-23(27-14)33-13-21(30)29-26-11-17-9-19(24)22(20(10-17)31-3)32-12-16-4-6-18(25)7-5-16/h4-11H,12-13H2,1-3H3,(H,29,30)/b26-11-. The number of carbonyl (C=O) groups excluding carboxylic acids is 1. The van der Waals surface area contributed by atoms with Crippen LogP contribution < -0.4 is 14.9 Å². The van der Waals surface area contributed by atoms with Crippen LogP contribution in [0.5, 0.6) is 11.5 Å². The molecular weight excluding hydrogens is 467 g/mol. The molecule has 0 saturated heterocycles. The third-order valence-corrected chi connectivity index (χ3v) is 5.37. The minimum Gasteiger partial charge on any atom is -0.493 e. The lowest BCUT2D eigenvalue weighted by Gasteiger charge is -2.13. The van der Waals surface area contributed by atoms with Crippen molar-refractivity contribution >= 4 is 35.5 Å². The first-order chi connectivity index (χ1) is 15.8. The number of carbonyl (C=O) groups is 1. The van der Waals surface area contributed by atoms with E-state index in [1.54, 1.807) is 24.3 Å². The number of rotatable bonds is 9. The van der Waals surface area contributed by atoms with E-state index in [0.29, 0.717) is 27.2 Å². The van der Waals surface area contributed by atoms with Gasteiger partial charge in [0.05, 0.1) is 24.1 Å². The van der Waals surface area contributed by atoms with Crippen molar-refractivity contribution in [1.29, 1.82) is 0 Å². The molecule has 7 nitrogen and oxygen atoms in total. The molecule has 0 atom stereocenters. The molecule has 1 N–H and O–H groups in total. The fourth-order valence-corrected chi connectivity index (χ4v) is 3.81. The molecule has 0 saturated carbocycles. The molecule has 33 heavy (non-hydrogen) atoms. The molecule has 10 heteroatoms. The summed E-state index contributed by atoms with van der Waals surface area (Å²) in [4.78, 5) is 20.6. The normalized spacial score (nSPS) is 10.9. The highest BCUT2D eigenvalue weighted by molar-refractivity contribution is 7.99. The van der Waals surface area contributed by atoms with Crippen molar-refractivity contribution in [2.75, 3.05) is 12.9 Å². The van der Waals surface area contributed by atoms with Crippen LogP contribution in [-0.2, 0) is 11.4 Å². The number of benzene rings is 2. The third kappa shape index (κ3) is 7.44. The van der Waals surface area contributed by atoms with Gasteiger partial charge in [0.2, 0.25) is 0 Å². The van der Waals surface area contributed by atoms with Crippen molar-refractivity contribution < 1.29 is 18.7 Å². The van der Waals surface area contributed by atoms with Crippen LogP contribution in [0.1, 0.15) is 22.5 Å². The van der Waals surface area contributed by atoms with Crippen molar-refractivity contribution in [2.45, 2.75) is 25.6 Å². The number of aryl methyl sites for hydroxylation is 2. The largest absolute Gasteiger partial charge is 0.493 e. The lowest BCUT2D eigenvalue weighted by molar-refractivity contribution is -0.118. The second-order valence-corrected chi connectivity index (χ2v) is 8.31. The number of hydrazone groups is 1. The van der Waals surface area contributed by atoms with Gasteiger partial charge in [0.25, 0.3) is 5.91 Å².